The summed E-state index contributed by atoms with van der Waals surface area (Å²) in [5.41, 5.74) is 11.6. The summed E-state index contributed by atoms with van der Waals surface area (Å²) in [5.74, 6) is 6.13. The van der Waals surface area contributed by atoms with Gasteiger partial charge in [0.25, 0.3) is 0 Å². The van der Waals surface area contributed by atoms with Gasteiger partial charge in [-0.3, -0.25) is 5.84 Å². The zero-order valence-corrected chi connectivity index (χ0v) is 10.8. The molecule has 94 valence electrons. The number of rotatable bonds is 3. The molecule has 1 aromatic heterocycles. The fourth-order valence-corrected chi connectivity index (χ4v) is 2.09. The normalized spacial score (nSPS) is 12.4. The number of nitrogen functional groups attached to an aromatic ring is 1. The number of halogens is 1. The molecule has 0 spiro atoms. The predicted octanol–water partition coefficient (Wildman–Crippen LogP) is 2.18. The number of aryl methyl sites for hydroxylation is 1. The molecular weight excluding hydrogens is 248 g/mol. The van der Waals surface area contributed by atoms with E-state index in [1.165, 1.54) is 0 Å². The lowest BCUT2D eigenvalue weighted by Gasteiger charge is -2.20. The molecule has 0 aliphatic heterocycles. The first-order valence-corrected chi connectivity index (χ1v) is 5.94. The molecule has 0 aliphatic carbocycles. The van der Waals surface area contributed by atoms with E-state index in [0.717, 1.165) is 16.7 Å². The highest BCUT2D eigenvalue weighted by Gasteiger charge is 2.18. The minimum atomic E-state index is -0.198. The summed E-state index contributed by atoms with van der Waals surface area (Å²) in [6, 6.07) is 9.19. The van der Waals surface area contributed by atoms with Crippen molar-refractivity contribution in [2.75, 3.05) is 5.73 Å². The molecule has 0 aliphatic rings. The molecule has 1 heterocycles. The second-order valence-electron chi connectivity index (χ2n) is 4.08. The number of hydrazine groups is 1. The molecule has 2 aromatic rings. The predicted molar refractivity (Wildman–Crippen MR) is 74.0 cm³/mol. The molecule has 0 saturated heterocycles. The molecule has 1 atom stereocenters. The Balaban J connectivity index is 2.48. The molecule has 5 N–H and O–H groups in total. The van der Waals surface area contributed by atoms with Crippen LogP contribution in [0.15, 0.2) is 36.5 Å². The van der Waals surface area contributed by atoms with E-state index in [1.807, 2.05) is 37.3 Å². The average molecular weight is 263 g/mol. The highest BCUT2D eigenvalue weighted by molar-refractivity contribution is 6.30. The zero-order chi connectivity index (χ0) is 13.1. The summed E-state index contributed by atoms with van der Waals surface area (Å²) in [4.78, 5) is 4.11. The number of hydrogen-bond donors (Lipinski definition) is 3. The summed E-state index contributed by atoms with van der Waals surface area (Å²) in [5, 5.41) is 0.686. The van der Waals surface area contributed by atoms with Crippen molar-refractivity contribution in [1.29, 1.82) is 0 Å². The lowest BCUT2D eigenvalue weighted by molar-refractivity contribution is 0.633. The van der Waals surface area contributed by atoms with Crippen LogP contribution in [0.25, 0.3) is 0 Å². The SMILES string of the molecule is Cc1ccnc(N)c1C(NN)c1ccc(Cl)cc1. The van der Waals surface area contributed by atoms with E-state index in [9.17, 15) is 0 Å². The maximum Gasteiger partial charge on any atom is 0.128 e. The van der Waals surface area contributed by atoms with Gasteiger partial charge in [-0.05, 0) is 36.2 Å². The Hall–Kier alpha value is -1.62. The van der Waals surface area contributed by atoms with Crippen molar-refractivity contribution >= 4 is 17.4 Å². The third kappa shape index (κ3) is 2.46. The van der Waals surface area contributed by atoms with Crippen LogP contribution < -0.4 is 17.0 Å². The fourth-order valence-electron chi connectivity index (χ4n) is 1.97. The van der Waals surface area contributed by atoms with Crippen LogP contribution in [0.3, 0.4) is 0 Å². The number of aromatic nitrogens is 1. The summed E-state index contributed by atoms with van der Waals surface area (Å²) in [7, 11) is 0. The lowest BCUT2D eigenvalue weighted by Crippen LogP contribution is -2.30. The second kappa shape index (κ2) is 5.35. The maximum absolute atomic E-state index is 5.93. The van der Waals surface area contributed by atoms with Crippen LogP contribution in [0.5, 0.6) is 0 Å². The van der Waals surface area contributed by atoms with E-state index in [0.29, 0.717) is 10.8 Å². The molecule has 0 saturated carbocycles. The Kier molecular flexibility index (Phi) is 3.81. The lowest BCUT2D eigenvalue weighted by atomic mass is 9.96. The largest absolute Gasteiger partial charge is 0.383 e. The van der Waals surface area contributed by atoms with E-state index in [1.54, 1.807) is 6.20 Å². The highest BCUT2D eigenvalue weighted by Crippen LogP contribution is 2.28. The molecule has 1 aromatic carbocycles. The van der Waals surface area contributed by atoms with Crippen LogP contribution in [0, 0.1) is 6.92 Å². The van der Waals surface area contributed by atoms with Gasteiger partial charge in [-0.25, -0.2) is 10.4 Å². The third-order valence-corrected chi connectivity index (χ3v) is 3.15. The fraction of sp³-hybridized carbons (Fsp3) is 0.154. The molecule has 4 nitrogen and oxygen atoms in total. The van der Waals surface area contributed by atoms with Gasteiger partial charge in [-0.2, -0.15) is 0 Å². The van der Waals surface area contributed by atoms with Gasteiger partial charge in [0, 0.05) is 16.8 Å². The molecule has 2 rings (SSSR count). The van der Waals surface area contributed by atoms with Gasteiger partial charge in [0.2, 0.25) is 0 Å². The highest BCUT2D eigenvalue weighted by atomic mass is 35.5. The van der Waals surface area contributed by atoms with Crippen molar-refractivity contribution in [3.63, 3.8) is 0 Å². The van der Waals surface area contributed by atoms with Crippen LogP contribution in [0.1, 0.15) is 22.7 Å². The Bertz CT molecular complexity index is 519. The van der Waals surface area contributed by atoms with Gasteiger partial charge in [-0.15, -0.1) is 0 Å². The third-order valence-electron chi connectivity index (χ3n) is 2.90. The Morgan fingerprint density at radius 1 is 1.22 bits per heavy atom. The quantitative estimate of drug-likeness (QED) is 0.585. The van der Waals surface area contributed by atoms with Crippen LogP contribution in [0.4, 0.5) is 5.82 Å². The molecule has 0 bridgehead atoms. The molecule has 0 radical (unpaired) electrons. The minimum Gasteiger partial charge on any atom is -0.383 e. The van der Waals surface area contributed by atoms with E-state index in [2.05, 4.69) is 10.4 Å². The van der Waals surface area contributed by atoms with Gasteiger partial charge >= 0.3 is 0 Å². The molecule has 1 unspecified atom stereocenters. The second-order valence-corrected chi connectivity index (χ2v) is 4.51. The standard InChI is InChI=1S/C13H15ClN4/c1-8-6-7-17-13(15)11(8)12(18-16)9-2-4-10(14)5-3-9/h2-7,12,18H,16H2,1H3,(H2,15,17). The topological polar surface area (TPSA) is 77.0 Å². The van der Waals surface area contributed by atoms with Crippen molar-refractivity contribution in [2.45, 2.75) is 13.0 Å². The number of nitrogens with one attached hydrogen (secondary N) is 1. The van der Waals surface area contributed by atoms with Gasteiger partial charge in [0.1, 0.15) is 5.82 Å². The first kappa shape index (κ1) is 12.8. The number of nitrogens with zero attached hydrogens (tertiary/aromatic N) is 1. The molecule has 18 heavy (non-hydrogen) atoms. The van der Waals surface area contributed by atoms with Crippen molar-refractivity contribution in [3.05, 3.63) is 58.2 Å². The summed E-state index contributed by atoms with van der Waals surface area (Å²) >= 11 is 5.88. The van der Waals surface area contributed by atoms with Crippen molar-refractivity contribution in [1.82, 2.24) is 10.4 Å². The van der Waals surface area contributed by atoms with E-state index < -0.39 is 0 Å². The van der Waals surface area contributed by atoms with E-state index in [4.69, 9.17) is 23.2 Å². The first-order valence-electron chi connectivity index (χ1n) is 5.56. The number of anilines is 1. The zero-order valence-electron chi connectivity index (χ0n) is 10.0. The van der Waals surface area contributed by atoms with Gasteiger partial charge < -0.3 is 5.73 Å². The molecule has 0 amide bonds. The van der Waals surface area contributed by atoms with Gasteiger partial charge in [0.05, 0.1) is 6.04 Å². The summed E-state index contributed by atoms with van der Waals surface area (Å²) in [6.45, 7) is 1.98. The Labute approximate surface area is 111 Å². The van der Waals surface area contributed by atoms with Gasteiger partial charge in [0.15, 0.2) is 0 Å². The van der Waals surface area contributed by atoms with Crippen molar-refractivity contribution in [2.24, 2.45) is 5.84 Å². The van der Waals surface area contributed by atoms with Crippen molar-refractivity contribution < 1.29 is 0 Å². The van der Waals surface area contributed by atoms with E-state index in [-0.39, 0.29) is 6.04 Å². The first-order chi connectivity index (χ1) is 8.63. The van der Waals surface area contributed by atoms with Crippen LogP contribution in [-0.2, 0) is 0 Å². The van der Waals surface area contributed by atoms with Crippen molar-refractivity contribution in [3.8, 4) is 0 Å². The molecule has 0 fully saturated rings. The molecule has 5 heteroatoms. The van der Waals surface area contributed by atoms with Crippen LogP contribution in [0.2, 0.25) is 5.02 Å². The van der Waals surface area contributed by atoms with Crippen LogP contribution in [-0.4, -0.2) is 4.98 Å². The minimum absolute atomic E-state index is 0.198. The smallest absolute Gasteiger partial charge is 0.128 e. The summed E-state index contributed by atoms with van der Waals surface area (Å²) in [6.07, 6.45) is 1.68. The number of pyridine rings is 1. The summed E-state index contributed by atoms with van der Waals surface area (Å²) < 4.78 is 0. The Morgan fingerprint density at radius 2 is 1.89 bits per heavy atom. The average Bonchev–Trinajstić information content (AvgIpc) is 2.35. The Morgan fingerprint density at radius 3 is 2.44 bits per heavy atom. The monoisotopic (exact) mass is 262 g/mol. The number of hydrogen-bond acceptors (Lipinski definition) is 4. The van der Waals surface area contributed by atoms with Gasteiger partial charge in [-0.1, -0.05) is 23.7 Å². The number of nitrogens with two attached hydrogens (primary N) is 2. The van der Waals surface area contributed by atoms with Crippen LogP contribution >= 0.6 is 11.6 Å². The maximum atomic E-state index is 5.93. The van der Waals surface area contributed by atoms with E-state index >= 15 is 0 Å². The molecular formula is C13H15ClN4. The number of benzene rings is 1.